The number of aromatic hydroxyl groups is 1. The molecule has 0 unspecified atom stereocenters. The maximum Gasteiger partial charge on any atom is 0.124 e. The van der Waals surface area contributed by atoms with Crippen LogP contribution >= 0.6 is 11.3 Å². The molecule has 0 aliphatic carbocycles. The number of nitrogen functional groups attached to an aromatic ring is 1. The van der Waals surface area contributed by atoms with Gasteiger partial charge < -0.3 is 10.8 Å². The first-order valence-corrected chi connectivity index (χ1v) is 5.19. The Morgan fingerprint density at radius 3 is 2.79 bits per heavy atom. The van der Waals surface area contributed by atoms with Crippen molar-refractivity contribution in [3.63, 3.8) is 0 Å². The van der Waals surface area contributed by atoms with Crippen LogP contribution in [0.2, 0.25) is 0 Å². The SMILES string of the molecule is Cc1cc(O)c(-c2cccs2)cc1N. The second-order valence-electron chi connectivity index (χ2n) is 3.20. The number of rotatable bonds is 1. The lowest BCUT2D eigenvalue weighted by Crippen LogP contribution is -1.89. The van der Waals surface area contributed by atoms with Gasteiger partial charge in [-0.1, -0.05) is 6.07 Å². The summed E-state index contributed by atoms with van der Waals surface area (Å²) in [6.07, 6.45) is 0. The zero-order valence-corrected chi connectivity index (χ0v) is 8.64. The molecule has 0 radical (unpaired) electrons. The Morgan fingerprint density at radius 1 is 1.36 bits per heavy atom. The molecule has 72 valence electrons. The predicted octanol–water partition coefficient (Wildman–Crippen LogP) is 3.01. The van der Waals surface area contributed by atoms with Gasteiger partial charge in [0.25, 0.3) is 0 Å². The molecule has 1 aromatic heterocycles. The second kappa shape index (κ2) is 3.35. The Hall–Kier alpha value is -1.48. The highest BCUT2D eigenvalue weighted by Gasteiger charge is 2.07. The molecule has 0 aliphatic heterocycles. The average molecular weight is 205 g/mol. The van der Waals surface area contributed by atoms with Gasteiger partial charge >= 0.3 is 0 Å². The predicted molar refractivity (Wildman–Crippen MR) is 60.6 cm³/mol. The average Bonchev–Trinajstić information content (AvgIpc) is 2.64. The lowest BCUT2D eigenvalue weighted by Gasteiger charge is -2.06. The van der Waals surface area contributed by atoms with Crippen LogP contribution in [-0.4, -0.2) is 5.11 Å². The van der Waals surface area contributed by atoms with E-state index in [0.29, 0.717) is 11.4 Å². The van der Waals surface area contributed by atoms with Crippen LogP contribution in [0.4, 0.5) is 5.69 Å². The number of anilines is 1. The van der Waals surface area contributed by atoms with Crippen LogP contribution in [0, 0.1) is 6.92 Å². The highest BCUT2D eigenvalue weighted by atomic mass is 32.1. The molecule has 0 aliphatic rings. The first kappa shape index (κ1) is 9.09. The van der Waals surface area contributed by atoms with Crippen molar-refractivity contribution in [2.24, 2.45) is 0 Å². The van der Waals surface area contributed by atoms with Crippen molar-refractivity contribution in [2.75, 3.05) is 5.73 Å². The van der Waals surface area contributed by atoms with Crippen LogP contribution in [0.25, 0.3) is 10.4 Å². The van der Waals surface area contributed by atoms with Gasteiger partial charge in [0.05, 0.1) is 0 Å². The molecule has 0 atom stereocenters. The van der Waals surface area contributed by atoms with Gasteiger partial charge in [-0.2, -0.15) is 0 Å². The van der Waals surface area contributed by atoms with Gasteiger partial charge in [0.15, 0.2) is 0 Å². The van der Waals surface area contributed by atoms with E-state index < -0.39 is 0 Å². The van der Waals surface area contributed by atoms with E-state index in [1.54, 1.807) is 17.4 Å². The van der Waals surface area contributed by atoms with E-state index in [1.807, 2.05) is 30.5 Å². The Bertz CT molecular complexity index is 449. The molecule has 1 heterocycles. The number of aryl methyl sites for hydroxylation is 1. The van der Waals surface area contributed by atoms with E-state index in [9.17, 15) is 5.11 Å². The van der Waals surface area contributed by atoms with E-state index in [4.69, 9.17) is 5.73 Å². The summed E-state index contributed by atoms with van der Waals surface area (Å²) in [5.41, 5.74) is 8.22. The summed E-state index contributed by atoms with van der Waals surface area (Å²) in [6, 6.07) is 7.44. The maximum atomic E-state index is 9.74. The number of thiophene rings is 1. The zero-order valence-electron chi connectivity index (χ0n) is 7.82. The van der Waals surface area contributed by atoms with Crippen LogP contribution in [-0.2, 0) is 0 Å². The molecule has 2 nitrogen and oxygen atoms in total. The fourth-order valence-corrected chi connectivity index (χ4v) is 2.09. The maximum absolute atomic E-state index is 9.74. The minimum Gasteiger partial charge on any atom is -0.507 e. The van der Waals surface area contributed by atoms with Gasteiger partial charge in [-0.15, -0.1) is 11.3 Å². The molecule has 0 saturated heterocycles. The summed E-state index contributed by atoms with van der Waals surface area (Å²) in [4.78, 5) is 1.04. The van der Waals surface area contributed by atoms with Crippen LogP contribution in [0.3, 0.4) is 0 Å². The number of hydrogen-bond donors (Lipinski definition) is 2. The van der Waals surface area contributed by atoms with Crippen LogP contribution < -0.4 is 5.73 Å². The smallest absolute Gasteiger partial charge is 0.124 e. The Kier molecular flexibility index (Phi) is 2.17. The molecular formula is C11H11NOS. The van der Waals surface area contributed by atoms with E-state index in [2.05, 4.69) is 0 Å². The van der Waals surface area contributed by atoms with Crippen LogP contribution in [0.5, 0.6) is 5.75 Å². The number of nitrogens with two attached hydrogens (primary N) is 1. The normalized spacial score (nSPS) is 10.4. The molecule has 3 N–H and O–H groups in total. The van der Waals surface area contributed by atoms with Crippen molar-refractivity contribution in [3.8, 4) is 16.2 Å². The van der Waals surface area contributed by atoms with Gasteiger partial charge in [0, 0.05) is 16.1 Å². The number of phenols is 1. The third-order valence-electron chi connectivity index (χ3n) is 2.17. The van der Waals surface area contributed by atoms with E-state index in [-0.39, 0.29) is 0 Å². The van der Waals surface area contributed by atoms with Crippen molar-refractivity contribution in [2.45, 2.75) is 6.92 Å². The van der Waals surface area contributed by atoms with Crippen molar-refractivity contribution in [1.82, 2.24) is 0 Å². The topological polar surface area (TPSA) is 46.2 Å². The zero-order chi connectivity index (χ0) is 10.1. The van der Waals surface area contributed by atoms with E-state index in [0.717, 1.165) is 16.0 Å². The molecule has 0 fully saturated rings. The Morgan fingerprint density at radius 2 is 2.14 bits per heavy atom. The quantitative estimate of drug-likeness (QED) is 0.555. The van der Waals surface area contributed by atoms with Gasteiger partial charge in [0.2, 0.25) is 0 Å². The number of benzene rings is 1. The van der Waals surface area contributed by atoms with Gasteiger partial charge in [-0.3, -0.25) is 0 Å². The second-order valence-corrected chi connectivity index (χ2v) is 4.15. The lowest BCUT2D eigenvalue weighted by molar-refractivity contribution is 0.477. The fourth-order valence-electron chi connectivity index (χ4n) is 1.34. The standard InChI is InChI=1S/C11H11NOS/c1-7-5-10(13)8(6-9(7)12)11-3-2-4-14-11/h2-6,13H,12H2,1H3. The van der Waals surface area contributed by atoms with Crippen molar-refractivity contribution < 1.29 is 5.11 Å². The molecule has 0 spiro atoms. The molecule has 0 saturated carbocycles. The number of hydrogen-bond acceptors (Lipinski definition) is 3. The fraction of sp³-hybridized carbons (Fsp3) is 0.0909. The molecule has 0 bridgehead atoms. The van der Waals surface area contributed by atoms with E-state index >= 15 is 0 Å². The Labute approximate surface area is 86.6 Å². The molecule has 2 rings (SSSR count). The summed E-state index contributed by atoms with van der Waals surface area (Å²) < 4.78 is 0. The number of phenolic OH excluding ortho intramolecular Hbond substituents is 1. The first-order valence-electron chi connectivity index (χ1n) is 4.31. The molecule has 1 aromatic carbocycles. The van der Waals surface area contributed by atoms with Crippen molar-refractivity contribution in [1.29, 1.82) is 0 Å². The molecule has 3 heteroatoms. The molecule has 0 amide bonds. The minimum absolute atomic E-state index is 0.291. The van der Waals surface area contributed by atoms with Crippen molar-refractivity contribution >= 4 is 17.0 Å². The highest BCUT2D eigenvalue weighted by molar-refractivity contribution is 7.13. The Balaban J connectivity index is 2.60. The van der Waals surface area contributed by atoms with E-state index in [1.165, 1.54) is 0 Å². The summed E-state index contributed by atoms with van der Waals surface area (Å²) in [5, 5.41) is 11.7. The molecule has 2 aromatic rings. The lowest BCUT2D eigenvalue weighted by atomic mass is 10.1. The third-order valence-corrected chi connectivity index (χ3v) is 3.07. The summed E-state index contributed by atoms with van der Waals surface area (Å²) in [7, 11) is 0. The first-order chi connectivity index (χ1) is 6.68. The third kappa shape index (κ3) is 1.46. The minimum atomic E-state index is 0.291. The van der Waals surface area contributed by atoms with Crippen molar-refractivity contribution in [3.05, 3.63) is 35.2 Å². The summed E-state index contributed by atoms with van der Waals surface area (Å²) in [6.45, 7) is 1.88. The summed E-state index contributed by atoms with van der Waals surface area (Å²) in [5.74, 6) is 0.291. The van der Waals surface area contributed by atoms with Gasteiger partial charge in [-0.05, 0) is 36.1 Å². The van der Waals surface area contributed by atoms with Gasteiger partial charge in [0.1, 0.15) is 5.75 Å². The van der Waals surface area contributed by atoms with Crippen LogP contribution in [0.15, 0.2) is 29.6 Å². The monoisotopic (exact) mass is 205 g/mol. The summed E-state index contributed by atoms with van der Waals surface area (Å²) >= 11 is 1.59. The van der Waals surface area contributed by atoms with Crippen LogP contribution in [0.1, 0.15) is 5.56 Å². The molecule has 14 heavy (non-hydrogen) atoms. The highest BCUT2D eigenvalue weighted by Crippen LogP contribution is 2.35. The van der Waals surface area contributed by atoms with Gasteiger partial charge in [-0.25, -0.2) is 0 Å². The largest absolute Gasteiger partial charge is 0.507 e. The molecular weight excluding hydrogens is 194 g/mol.